The van der Waals surface area contributed by atoms with Crippen LogP contribution >= 0.6 is 0 Å². The van der Waals surface area contributed by atoms with Crippen molar-refractivity contribution in [3.63, 3.8) is 0 Å². The van der Waals surface area contributed by atoms with Gasteiger partial charge in [0.1, 0.15) is 0 Å². The second-order valence-corrected chi connectivity index (χ2v) is 8.44. The van der Waals surface area contributed by atoms with E-state index in [9.17, 15) is 9.90 Å². The number of carbonyl (C=O) groups excluding carboxylic acids is 1. The first-order valence-corrected chi connectivity index (χ1v) is 12.1. The maximum atomic E-state index is 12.3. The molecule has 0 aromatic heterocycles. The number of rotatable bonds is 7. The van der Waals surface area contributed by atoms with E-state index in [1.54, 1.807) is 18.2 Å². The highest BCUT2D eigenvalue weighted by Crippen LogP contribution is 2.19. The Bertz CT molecular complexity index is 1300. The summed E-state index contributed by atoms with van der Waals surface area (Å²) in [4.78, 5) is 14.6. The van der Waals surface area contributed by atoms with Crippen LogP contribution in [-0.2, 0) is 9.47 Å². The zero-order valence-corrected chi connectivity index (χ0v) is 20.5. The summed E-state index contributed by atoms with van der Waals surface area (Å²) < 4.78 is 10.7. The summed E-state index contributed by atoms with van der Waals surface area (Å²) in [6, 6.07) is 14.7. The minimum Gasteiger partial charge on any atom is -0.504 e. The quantitative estimate of drug-likeness (QED) is 0.511. The Labute approximate surface area is 217 Å². The minimum atomic E-state index is -0.0902. The van der Waals surface area contributed by atoms with E-state index in [4.69, 9.17) is 9.47 Å². The summed E-state index contributed by atoms with van der Waals surface area (Å²) in [6.07, 6.45) is 3.11. The summed E-state index contributed by atoms with van der Waals surface area (Å²) in [5, 5.41) is 16.1. The van der Waals surface area contributed by atoms with Crippen LogP contribution in [0.3, 0.4) is 0 Å². The molecular formula is C30H29N3O4. The molecule has 37 heavy (non-hydrogen) atoms. The van der Waals surface area contributed by atoms with E-state index >= 15 is 0 Å². The molecule has 4 rings (SSSR count). The molecule has 0 spiro atoms. The highest BCUT2D eigenvalue weighted by atomic mass is 16.5. The van der Waals surface area contributed by atoms with Crippen molar-refractivity contribution in [2.75, 3.05) is 51.3 Å². The second kappa shape index (κ2) is 13.0. The number of nitrogens with one attached hydrogen (secondary N) is 2. The Kier molecular flexibility index (Phi) is 9.04. The van der Waals surface area contributed by atoms with Crippen LogP contribution in [0.4, 0.5) is 5.69 Å². The fourth-order valence-electron chi connectivity index (χ4n) is 3.66. The lowest BCUT2D eigenvalue weighted by Gasteiger charge is -2.26. The van der Waals surface area contributed by atoms with E-state index < -0.39 is 0 Å². The van der Waals surface area contributed by atoms with Gasteiger partial charge in [0.05, 0.1) is 26.0 Å². The zero-order valence-electron chi connectivity index (χ0n) is 20.5. The maximum Gasteiger partial charge on any atom is 0.251 e. The predicted octanol–water partition coefficient (Wildman–Crippen LogP) is 3.43. The molecule has 2 aliphatic rings. The number of hydrogen-bond acceptors (Lipinski definition) is 6. The topological polar surface area (TPSA) is 83.1 Å². The third-order valence-corrected chi connectivity index (χ3v) is 5.83. The second-order valence-electron chi connectivity index (χ2n) is 8.44. The van der Waals surface area contributed by atoms with Gasteiger partial charge >= 0.3 is 0 Å². The molecule has 2 heterocycles. The Balaban J connectivity index is 1.23. The fraction of sp³-hybridized carbons (Fsp3) is 0.233. The number of benzene rings is 2. The number of hydrogen-bond donors (Lipinski definition) is 3. The van der Waals surface area contributed by atoms with E-state index in [2.05, 4.69) is 45.8 Å². The van der Waals surface area contributed by atoms with Crippen molar-refractivity contribution in [3.8, 4) is 23.7 Å². The lowest BCUT2D eigenvalue weighted by molar-refractivity contribution is 0.0383. The number of allylic oxidation sites excluding steroid dienone is 1. The van der Waals surface area contributed by atoms with Crippen molar-refractivity contribution in [1.82, 2.24) is 10.2 Å². The van der Waals surface area contributed by atoms with Crippen LogP contribution in [0.1, 0.15) is 21.5 Å². The first kappa shape index (κ1) is 25.7. The Morgan fingerprint density at radius 1 is 1.00 bits per heavy atom. The summed E-state index contributed by atoms with van der Waals surface area (Å²) in [6.45, 7) is 8.83. The van der Waals surface area contributed by atoms with Crippen LogP contribution < -0.4 is 10.6 Å². The van der Waals surface area contributed by atoms with Gasteiger partial charge in [0, 0.05) is 54.1 Å². The van der Waals surface area contributed by atoms with Crippen LogP contribution in [0.25, 0.3) is 0 Å². The van der Waals surface area contributed by atoms with E-state index in [0.29, 0.717) is 30.0 Å². The van der Waals surface area contributed by atoms with Gasteiger partial charge in [-0.25, -0.2) is 0 Å². The molecule has 0 radical (unpaired) electrons. The molecule has 0 aliphatic carbocycles. The average molecular weight is 496 g/mol. The lowest BCUT2D eigenvalue weighted by atomic mass is 10.1. The average Bonchev–Trinajstić information content (AvgIpc) is 2.93. The molecule has 2 aromatic rings. The highest BCUT2D eigenvalue weighted by molar-refractivity contribution is 5.94. The fourth-order valence-corrected chi connectivity index (χ4v) is 3.66. The van der Waals surface area contributed by atoms with Gasteiger partial charge in [0.25, 0.3) is 5.91 Å². The smallest absolute Gasteiger partial charge is 0.251 e. The molecule has 188 valence electrons. The summed E-state index contributed by atoms with van der Waals surface area (Å²) in [5.41, 5.74) is 3.61. The molecule has 2 aromatic carbocycles. The van der Waals surface area contributed by atoms with Gasteiger partial charge in [-0.3, -0.25) is 9.69 Å². The van der Waals surface area contributed by atoms with Crippen molar-refractivity contribution in [2.24, 2.45) is 0 Å². The maximum absolute atomic E-state index is 12.3. The number of nitrogens with zero attached hydrogens (tertiary/aromatic N) is 1. The number of anilines is 1. The Hall–Kier alpha value is -4.43. The van der Waals surface area contributed by atoms with Gasteiger partial charge < -0.3 is 25.2 Å². The number of carbonyl (C=O) groups is 1. The first-order valence-electron chi connectivity index (χ1n) is 12.1. The number of amides is 1. The molecule has 3 N–H and O–H groups in total. The van der Waals surface area contributed by atoms with Crippen LogP contribution in [0, 0.1) is 23.7 Å². The van der Waals surface area contributed by atoms with Gasteiger partial charge in [-0.15, -0.1) is 0 Å². The highest BCUT2D eigenvalue weighted by Gasteiger charge is 2.13. The van der Waals surface area contributed by atoms with E-state index in [-0.39, 0.29) is 11.7 Å². The predicted molar refractivity (Wildman–Crippen MR) is 144 cm³/mol. The van der Waals surface area contributed by atoms with Crippen molar-refractivity contribution < 1.29 is 19.4 Å². The number of morpholine rings is 1. The molecule has 0 saturated carbocycles. The summed E-state index contributed by atoms with van der Waals surface area (Å²) in [5.74, 6) is 12.1. The van der Waals surface area contributed by atoms with E-state index in [1.165, 1.54) is 6.26 Å². The van der Waals surface area contributed by atoms with E-state index in [0.717, 1.165) is 49.7 Å². The molecule has 1 saturated heterocycles. The van der Waals surface area contributed by atoms with Crippen molar-refractivity contribution in [2.45, 2.75) is 0 Å². The SMILES string of the molecule is C=C1C=COC(CNc2ccc(C#CC#Cc3ccc(C(=O)NCCN4CCOCC4)cc3)cc2)=C1O. The molecule has 0 unspecified atom stereocenters. The van der Waals surface area contributed by atoms with Crippen LogP contribution in [0.15, 0.2) is 84.5 Å². The van der Waals surface area contributed by atoms with Crippen molar-refractivity contribution in [1.29, 1.82) is 0 Å². The standard InChI is InChI=1S/C30H29N3O4/c1-23-14-19-37-28(29(23)34)22-32-27-12-8-25(9-13-27)5-3-2-4-24-6-10-26(11-7-24)30(35)31-15-16-33-17-20-36-21-18-33/h6-14,19,32,34H,1,15-18,20-22H2,(H,31,35). The Morgan fingerprint density at radius 3 is 2.32 bits per heavy atom. The van der Waals surface area contributed by atoms with Gasteiger partial charge in [0.15, 0.2) is 11.5 Å². The van der Waals surface area contributed by atoms with Gasteiger partial charge in [0.2, 0.25) is 0 Å². The molecular weight excluding hydrogens is 466 g/mol. The lowest BCUT2D eigenvalue weighted by Crippen LogP contribution is -2.41. The van der Waals surface area contributed by atoms with Crippen LogP contribution in [0.5, 0.6) is 0 Å². The van der Waals surface area contributed by atoms with Gasteiger partial charge in [-0.2, -0.15) is 0 Å². The largest absolute Gasteiger partial charge is 0.504 e. The molecule has 2 aliphatic heterocycles. The number of aliphatic hydroxyl groups is 1. The minimum absolute atomic E-state index is 0.0495. The third-order valence-electron chi connectivity index (χ3n) is 5.83. The third kappa shape index (κ3) is 7.78. The zero-order chi connectivity index (χ0) is 25.9. The number of ether oxygens (including phenoxy) is 2. The van der Waals surface area contributed by atoms with Gasteiger partial charge in [-0.1, -0.05) is 18.4 Å². The normalized spacial score (nSPS) is 15.1. The number of aliphatic hydroxyl groups excluding tert-OH is 1. The van der Waals surface area contributed by atoms with Crippen molar-refractivity contribution >= 4 is 11.6 Å². The molecule has 1 amide bonds. The summed E-state index contributed by atoms with van der Waals surface area (Å²) in [7, 11) is 0. The molecule has 0 atom stereocenters. The molecule has 0 bridgehead atoms. The van der Waals surface area contributed by atoms with Crippen LogP contribution in [0.2, 0.25) is 0 Å². The molecule has 7 heteroatoms. The molecule has 7 nitrogen and oxygen atoms in total. The summed E-state index contributed by atoms with van der Waals surface area (Å²) >= 11 is 0. The van der Waals surface area contributed by atoms with E-state index in [1.807, 2.05) is 36.4 Å². The van der Waals surface area contributed by atoms with Gasteiger partial charge in [-0.05, 0) is 66.4 Å². The monoisotopic (exact) mass is 495 g/mol. The Morgan fingerprint density at radius 2 is 1.65 bits per heavy atom. The first-order chi connectivity index (χ1) is 18.1. The molecule has 1 fully saturated rings. The van der Waals surface area contributed by atoms with Crippen LogP contribution in [-0.4, -0.2) is 61.9 Å². The van der Waals surface area contributed by atoms with Crippen molar-refractivity contribution in [3.05, 3.63) is 101 Å².